The summed E-state index contributed by atoms with van der Waals surface area (Å²) >= 11 is 0. The van der Waals surface area contributed by atoms with Crippen molar-refractivity contribution in [1.82, 2.24) is 41.3 Å². The van der Waals surface area contributed by atoms with E-state index in [-0.39, 0.29) is 41.7 Å². The molecule has 5 atom stereocenters. The van der Waals surface area contributed by atoms with Crippen molar-refractivity contribution in [3.63, 3.8) is 0 Å². The van der Waals surface area contributed by atoms with Crippen molar-refractivity contribution in [1.29, 1.82) is 0 Å². The molecule has 6 amide bonds. The number of hydrogen-bond donors (Lipinski definition) is 6. The third-order valence-electron chi connectivity index (χ3n) is 11.0. The number of carbonyl (C=O) groups is 7. The second-order valence-electron chi connectivity index (χ2n) is 16.4. The van der Waals surface area contributed by atoms with E-state index in [0.29, 0.717) is 12.0 Å². The average Bonchev–Trinajstić information content (AvgIpc) is 3.28. The minimum atomic E-state index is -4.34. The number of aromatic nitrogens is 2. The SMILES string of the molecule is CC[C@H](NC(=O)[C@H](CC1CCCCC1)NC(=O)C(NC(=O)[C@H](CC(C)C)NC(=O)c1cnccn1)[C@@H](C)CC)C(=O)C(=O)NCC(=O)NS(=O)(=O)c1cccc(-c2ccccc2)c1. The van der Waals surface area contributed by atoms with Gasteiger partial charge in [-0.05, 0) is 60.3 Å². The number of ketones is 1. The number of Topliss-reactive ketones (excluding diaryl/α,β-unsaturated/α-hetero) is 1. The molecule has 1 aromatic heterocycles. The maximum Gasteiger partial charge on any atom is 0.290 e. The van der Waals surface area contributed by atoms with Crippen LogP contribution in [0.2, 0.25) is 0 Å². The Labute approximate surface area is 369 Å². The van der Waals surface area contributed by atoms with Crippen LogP contribution in [0, 0.1) is 17.8 Å². The lowest BCUT2D eigenvalue weighted by Gasteiger charge is -2.31. The second-order valence-corrected chi connectivity index (χ2v) is 18.0. The molecule has 1 saturated carbocycles. The van der Waals surface area contributed by atoms with Crippen LogP contribution in [-0.4, -0.2) is 90.3 Å². The Bertz CT molecular complexity index is 2170. The summed E-state index contributed by atoms with van der Waals surface area (Å²) in [6.07, 6.45) is 9.57. The van der Waals surface area contributed by atoms with Gasteiger partial charge in [0.2, 0.25) is 23.5 Å². The standard InChI is InChI=1S/C45H60N8O9S/c1-6-29(5)39(52-42(57)35(23-28(3)4)50-43(58)37-26-46-21-22-47-37)44(59)51-36(24-30-15-10-8-11-16-30)41(56)49-34(7-2)40(55)45(60)48-27-38(54)53-63(61,62)33-20-14-19-32(25-33)31-17-12-9-13-18-31/h9,12-14,17-22,25-26,28-30,34-36,39H,6-8,10-11,15-16,23-24,27H2,1-5H3,(H,48,60)(H,49,56)(H,50,58)(H,51,59)(H,52,57)(H,53,54)/t29-,34-,35-,36-,39?/m0/s1. The van der Waals surface area contributed by atoms with Crippen LogP contribution in [0.4, 0.5) is 0 Å². The van der Waals surface area contributed by atoms with Crippen LogP contribution in [0.5, 0.6) is 0 Å². The Morgan fingerprint density at radius 2 is 1.40 bits per heavy atom. The molecule has 0 bridgehead atoms. The number of nitrogens with zero attached hydrogens (tertiary/aromatic N) is 2. The predicted molar refractivity (Wildman–Crippen MR) is 235 cm³/mol. The molecule has 0 aliphatic heterocycles. The van der Waals surface area contributed by atoms with Gasteiger partial charge in [-0.3, -0.25) is 38.5 Å². The van der Waals surface area contributed by atoms with Crippen molar-refractivity contribution in [2.75, 3.05) is 6.54 Å². The zero-order chi connectivity index (χ0) is 46.1. The molecule has 1 heterocycles. The van der Waals surface area contributed by atoms with Crippen molar-refractivity contribution in [2.45, 2.75) is 121 Å². The zero-order valence-electron chi connectivity index (χ0n) is 36.5. The number of sulfonamides is 1. The Morgan fingerprint density at radius 3 is 2.03 bits per heavy atom. The predicted octanol–water partition coefficient (Wildman–Crippen LogP) is 3.36. The molecule has 63 heavy (non-hydrogen) atoms. The lowest BCUT2D eigenvalue weighted by atomic mass is 9.84. The van der Waals surface area contributed by atoms with Crippen molar-refractivity contribution >= 4 is 51.2 Å². The average molecular weight is 889 g/mol. The molecule has 1 aliphatic carbocycles. The Morgan fingerprint density at radius 1 is 0.730 bits per heavy atom. The number of hydrogen-bond acceptors (Lipinski definition) is 11. The molecule has 4 rings (SSSR count). The summed E-state index contributed by atoms with van der Waals surface area (Å²) in [7, 11) is -4.34. The van der Waals surface area contributed by atoms with Crippen molar-refractivity contribution in [3.8, 4) is 11.1 Å². The number of amides is 6. The third-order valence-corrected chi connectivity index (χ3v) is 12.4. The summed E-state index contributed by atoms with van der Waals surface area (Å²) in [4.78, 5) is 102. The van der Waals surface area contributed by atoms with Crippen LogP contribution in [0.1, 0.15) is 103 Å². The van der Waals surface area contributed by atoms with Gasteiger partial charge in [0.05, 0.1) is 23.7 Å². The summed E-state index contributed by atoms with van der Waals surface area (Å²) in [5.74, 6) is -6.30. The molecule has 6 N–H and O–H groups in total. The minimum Gasteiger partial charge on any atom is -0.344 e. The highest BCUT2D eigenvalue weighted by Gasteiger charge is 2.36. The monoisotopic (exact) mass is 888 g/mol. The first-order valence-corrected chi connectivity index (χ1v) is 23.0. The van der Waals surface area contributed by atoms with Crippen LogP contribution < -0.4 is 31.3 Å². The number of benzene rings is 2. The smallest absolute Gasteiger partial charge is 0.290 e. The van der Waals surface area contributed by atoms with E-state index in [1.165, 1.54) is 36.8 Å². The van der Waals surface area contributed by atoms with Gasteiger partial charge >= 0.3 is 0 Å². The molecule has 17 nitrogen and oxygen atoms in total. The van der Waals surface area contributed by atoms with E-state index in [1.54, 1.807) is 44.2 Å². The molecule has 1 aliphatic rings. The second kappa shape index (κ2) is 24.0. The van der Waals surface area contributed by atoms with E-state index in [0.717, 1.165) is 37.7 Å². The highest BCUT2D eigenvalue weighted by Crippen LogP contribution is 2.28. The first-order chi connectivity index (χ1) is 30.0. The Hall–Kier alpha value is -6.04. The molecule has 0 spiro atoms. The van der Waals surface area contributed by atoms with Crippen molar-refractivity contribution < 1.29 is 42.0 Å². The summed E-state index contributed by atoms with van der Waals surface area (Å²) < 4.78 is 28.0. The largest absolute Gasteiger partial charge is 0.344 e. The normalized spacial score (nSPS) is 15.4. The topological polar surface area (TPSA) is 252 Å². The number of rotatable bonds is 22. The lowest BCUT2D eigenvalue weighted by molar-refractivity contribution is -0.141. The van der Waals surface area contributed by atoms with Gasteiger partial charge in [0.25, 0.3) is 27.7 Å². The van der Waals surface area contributed by atoms with E-state index in [4.69, 9.17) is 0 Å². The molecule has 3 aromatic rings. The fourth-order valence-electron chi connectivity index (χ4n) is 7.31. The zero-order valence-corrected chi connectivity index (χ0v) is 37.3. The molecular formula is C45H60N8O9S. The van der Waals surface area contributed by atoms with Gasteiger partial charge in [-0.1, -0.05) is 116 Å². The maximum absolute atomic E-state index is 14.1. The first kappa shape index (κ1) is 49.6. The van der Waals surface area contributed by atoms with Gasteiger partial charge in [0.15, 0.2) is 0 Å². The number of nitrogens with one attached hydrogen (secondary N) is 6. The summed E-state index contributed by atoms with van der Waals surface area (Å²) in [6, 6.07) is 10.4. The van der Waals surface area contributed by atoms with Gasteiger partial charge < -0.3 is 26.6 Å². The van der Waals surface area contributed by atoms with Gasteiger partial charge in [-0.15, -0.1) is 0 Å². The maximum atomic E-state index is 14.1. The Balaban J connectivity index is 1.42. The molecular weight excluding hydrogens is 829 g/mol. The van der Waals surface area contributed by atoms with E-state index in [2.05, 4.69) is 36.6 Å². The lowest BCUT2D eigenvalue weighted by Crippen LogP contribution is -2.60. The first-order valence-electron chi connectivity index (χ1n) is 21.5. The highest BCUT2D eigenvalue weighted by molar-refractivity contribution is 7.90. The summed E-state index contributed by atoms with van der Waals surface area (Å²) in [5.41, 5.74) is 1.39. The van der Waals surface area contributed by atoms with Gasteiger partial charge in [0, 0.05) is 12.4 Å². The van der Waals surface area contributed by atoms with Gasteiger partial charge in [0.1, 0.15) is 23.8 Å². The van der Waals surface area contributed by atoms with Crippen LogP contribution in [0.15, 0.2) is 78.1 Å². The molecule has 0 saturated heterocycles. The third kappa shape index (κ3) is 15.1. The molecule has 0 radical (unpaired) electrons. The molecule has 2 aromatic carbocycles. The van der Waals surface area contributed by atoms with Gasteiger partial charge in [-0.25, -0.2) is 18.1 Å². The molecule has 18 heteroatoms. The number of carbonyl (C=O) groups excluding carboxylic acids is 7. The van der Waals surface area contributed by atoms with E-state index in [9.17, 15) is 42.0 Å². The Kier molecular flexibility index (Phi) is 18.9. The van der Waals surface area contributed by atoms with Crippen LogP contribution >= 0.6 is 0 Å². The summed E-state index contributed by atoms with van der Waals surface area (Å²) in [6.45, 7) is 8.12. The quantitative estimate of drug-likeness (QED) is 0.0799. The fraction of sp³-hybridized carbons (Fsp3) is 0.489. The molecule has 1 unspecified atom stereocenters. The minimum absolute atomic E-state index is 0.0132. The van der Waals surface area contributed by atoms with Crippen LogP contribution in [0.25, 0.3) is 11.1 Å². The van der Waals surface area contributed by atoms with E-state index >= 15 is 0 Å². The van der Waals surface area contributed by atoms with Crippen LogP contribution in [0.3, 0.4) is 0 Å². The van der Waals surface area contributed by atoms with Crippen LogP contribution in [-0.2, 0) is 38.8 Å². The van der Waals surface area contributed by atoms with E-state index in [1.807, 2.05) is 31.6 Å². The highest BCUT2D eigenvalue weighted by atomic mass is 32.2. The molecule has 1 fully saturated rings. The van der Waals surface area contributed by atoms with Crippen molar-refractivity contribution in [3.05, 3.63) is 78.9 Å². The fourth-order valence-corrected chi connectivity index (χ4v) is 8.34. The summed E-state index contributed by atoms with van der Waals surface area (Å²) in [5, 5.41) is 13.1. The van der Waals surface area contributed by atoms with E-state index < -0.39 is 87.9 Å². The van der Waals surface area contributed by atoms with Crippen molar-refractivity contribution in [2.24, 2.45) is 17.8 Å². The van der Waals surface area contributed by atoms with Gasteiger partial charge in [-0.2, -0.15) is 0 Å². The molecule has 340 valence electrons.